The molecule has 0 saturated carbocycles. The Kier molecular flexibility index (Phi) is 4.99. The van der Waals surface area contributed by atoms with Gasteiger partial charge < -0.3 is 19.5 Å². The van der Waals surface area contributed by atoms with Crippen molar-refractivity contribution in [2.45, 2.75) is 51.8 Å². The van der Waals surface area contributed by atoms with Crippen molar-refractivity contribution in [1.82, 2.24) is 9.91 Å². The molecule has 0 aliphatic carbocycles. The van der Waals surface area contributed by atoms with Crippen molar-refractivity contribution in [3.05, 3.63) is 53.1 Å². The minimum absolute atomic E-state index is 0.0158. The third kappa shape index (κ3) is 3.27. The van der Waals surface area contributed by atoms with Crippen LogP contribution in [-0.4, -0.2) is 52.1 Å². The summed E-state index contributed by atoms with van der Waals surface area (Å²) in [5, 5.41) is 17.6. The number of nitrogens with zero attached hydrogens (tertiary/aromatic N) is 3. The van der Waals surface area contributed by atoms with E-state index in [9.17, 15) is 9.90 Å². The van der Waals surface area contributed by atoms with E-state index in [1.165, 1.54) is 0 Å². The number of ether oxygens (including phenoxy) is 2. The number of para-hydroxylation sites is 1. The zero-order chi connectivity index (χ0) is 22.5. The van der Waals surface area contributed by atoms with Gasteiger partial charge in [-0.2, -0.15) is 5.10 Å². The monoisotopic (exact) mass is 435 g/mol. The number of rotatable bonds is 3. The van der Waals surface area contributed by atoms with Crippen LogP contribution in [0.15, 0.2) is 41.5 Å². The van der Waals surface area contributed by atoms with Crippen LogP contribution in [0.2, 0.25) is 0 Å². The number of hydrazone groups is 1. The highest BCUT2D eigenvalue weighted by molar-refractivity contribution is 6.04. The standard InChI is InChI=1S/C25H29N3O4/c1-4-31-23-7-5-6-18-21-15-20(19-14-16(2)8-9-22(19)30)26-28(21)25(32-24(18)23)10-12-27(13-11-25)17(3)29/h5-9,14,21,30H,4,10-13,15H2,1-3H3. The van der Waals surface area contributed by atoms with Crippen LogP contribution in [0.1, 0.15) is 55.8 Å². The summed E-state index contributed by atoms with van der Waals surface area (Å²) < 4.78 is 12.6. The highest BCUT2D eigenvalue weighted by Gasteiger charge is 2.53. The molecule has 3 aliphatic rings. The van der Waals surface area contributed by atoms with Crippen LogP contribution in [0.4, 0.5) is 0 Å². The van der Waals surface area contributed by atoms with E-state index < -0.39 is 5.72 Å². The average Bonchev–Trinajstić information content (AvgIpc) is 3.23. The van der Waals surface area contributed by atoms with E-state index in [0.29, 0.717) is 39.0 Å². The first-order valence-corrected chi connectivity index (χ1v) is 11.3. The Bertz CT molecular complexity index is 1090. The predicted molar refractivity (Wildman–Crippen MR) is 121 cm³/mol. The van der Waals surface area contributed by atoms with Gasteiger partial charge in [0.05, 0.1) is 18.4 Å². The first-order chi connectivity index (χ1) is 15.4. The fraction of sp³-hybridized carbons (Fsp3) is 0.440. The number of phenolic OH excluding ortho intramolecular Hbond substituents is 1. The molecule has 3 heterocycles. The van der Waals surface area contributed by atoms with E-state index >= 15 is 0 Å². The minimum Gasteiger partial charge on any atom is -0.507 e. The van der Waals surface area contributed by atoms with Crippen molar-refractivity contribution in [2.75, 3.05) is 19.7 Å². The molecule has 1 N–H and O–H groups in total. The number of hydrogen-bond donors (Lipinski definition) is 1. The normalized spacial score (nSPS) is 21.0. The molecule has 1 atom stereocenters. The molecule has 0 bridgehead atoms. The van der Waals surface area contributed by atoms with Gasteiger partial charge in [0.2, 0.25) is 11.6 Å². The lowest BCUT2D eigenvalue weighted by Crippen LogP contribution is -2.59. The Labute approximate surface area is 188 Å². The first-order valence-electron chi connectivity index (χ1n) is 11.3. The average molecular weight is 436 g/mol. The number of aromatic hydroxyl groups is 1. The summed E-state index contributed by atoms with van der Waals surface area (Å²) >= 11 is 0. The summed E-state index contributed by atoms with van der Waals surface area (Å²) in [4.78, 5) is 13.8. The van der Waals surface area contributed by atoms with Crippen LogP contribution in [0, 0.1) is 6.92 Å². The Balaban J connectivity index is 1.59. The van der Waals surface area contributed by atoms with Gasteiger partial charge in [0.1, 0.15) is 5.75 Å². The SMILES string of the molecule is CCOc1cccc2c1OC1(CCN(C(C)=O)CC1)N1N=C(c3cc(C)ccc3O)CC21. The summed E-state index contributed by atoms with van der Waals surface area (Å²) in [6.45, 7) is 7.37. The van der Waals surface area contributed by atoms with E-state index in [1.54, 1.807) is 13.0 Å². The van der Waals surface area contributed by atoms with Crippen molar-refractivity contribution >= 4 is 11.6 Å². The Morgan fingerprint density at radius 1 is 1.28 bits per heavy atom. The van der Waals surface area contributed by atoms with Crippen LogP contribution < -0.4 is 9.47 Å². The number of amides is 1. The zero-order valence-electron chi connectivity index (χ0n) is 18.8. The van der Waals surface area contributed by atoms with Gasteiger partial charge in [0, 0.05) is 50.4 Å². The smallest absolute Gasteiger partial charge is 0.219 e. The summed E-state index contributed by atoms with van der Waals surface area (Å²) in [7, 11) is 0. The molecule has 3 aliphatic heterocycles. The number of aryl methyl sites for hydroxylation is 1. The number of likely N-dealkylation sites (tertiary alicyclic amines) is 1. The lowest BCUT2D eigenvalue weighted by molar-refractivity contribution is -0.159. The van der Waals surface area contributed by atoms with Crippen molar-refractivity contribution < 1.29 is 19.4 Å². The first kappa shape index (κ1) is 20.7. The topological polar surface area (TPSA) is 74.6 Å². The number of carbonyl (C=O) groups is 1. The molecule has 0 aromatic heterocycles. The van der Waals surface area contributed by atoms with Crippen molar-refractivity contribution in [3.63, 3.8) is 0 Å². The number of piperidine rings is 1. The number of hydrogen-bond acceptors (Lipinski definition) is 6. The fourth-order valence-corrected chi connectivity index (χ4v) is 5.08. The van der Waals surface area contributed by atoms with Crippen molar-refractivity contribution in [1.29, 1.82) is 0 Å². The molecule has 0 radical (unpaired) electrons. The lowest BCUT2D eigenvalue weighted by Gasteiger charge is -2.51. The summed E-state index contributed by atoms with van der Waals surface area (Å²) in [6, 6.07) is 11.6. The largest absolute Gasteiger partial charge is 0.507 e. The van der Waals surface area contributed by atoms with E-state index in [2.05, 4.69) is 11.1 Å². The summed E-state index contributed by atoms with van der Waals surface area (Å²) in [5.74, 6) is 1.83. The second-order valence-electron chi connectivity index (χ2n) is 8.79. The lowest BCUT2D eigenvalue weighted by atomic mass is 9.90. The van der Waals surface area contributed by atoms with Gasteiger partial charge in [0.25, 0.3) is 0 Å². The second kappa shape index (κ2) is 7.73. The molecule has 1 unspecified atom stereocenters. The third-order valence-electron chi connectivity index (χ3n) is 6.74. The maximum atomic E-state index is 11.9. The predicted octanol–water partition coefficient (Wildman–Crippen LogP) is 3.98. The van der Waals surface area contributed by atoms with E-state index in [1.807, 2.05) is 43.0 Å². The van der Waals surface area contributed by atoms with Gasteiger partial charge in [-0.3, -0.25) is 4.79 Å². The van der Waals surface area contributed by atoms with Gasteiger partial charge in [-0.05, 0) is 32.0 Å². The molecule has 32 heavy (non-hydrogen) atoms. The quantitative estimate of drug-likeness (QED) is 0.789. The van der Waals surface area contributed by atoms with Crippen LogP contribution in [0.5, 0.6) is 17.2 Å². The zero-order valence-corrected chi connectivity index (χ0v) is 18.8. The Morgan fingerprint density at radius 3 is 2.78 bits per heavy atom. The van der Waals surface area contributed by atoms with Gasteiger partial charge in [-0.25, -0.2) is 5.01 Å². The maximum absolute atomic E-state index is 11.9. The van der Waals surface area contributed by atoms with Crippen LogP contribution >= 0.6 is 0 Å². The van der Waals surface area contributed by atoms with Crippen LogP contribution in [0.3, 0.4) is 0 Å². The van der Waals surface area contributed by atoms with E-state index in [-0.39, 0.29) is 17.7 Å². The maximum Gasteiger partial charge on any atom is 0.219 e. The molecule has 1 spiro atoms. The van der Waals surface area contributed by atoms with Gasteiger partial charge in [-0.15, -0.1) is 0 Å². The molecule has 1 fully saturated rings. The van der Waals surface area contributed by atoms with Crippen molar-refractivity contribution in [3.8, 4) is 17.2 Å². The number of carbonyl (C=O) groups excluding carboxylic acids is 1. The van der Waals surface area contributed by atoms with Gasteiger partial charge >= 0.3 is 0 Å². The number of fused-ring (bicyclic) bond motifs is 4. The number of phenols is 1. The molecule has 5 rings (SSSR count). The van der Waals surface area contributed by atoms with E-state index in [0.717, 1.165) is 33.9 Å². The minimum atomic E-state index is -0.655. The summed E-state index contributed by atoms with van der Waals surface area (Å²) in [6.07, 6.45) is 1.97. The van der Waals surface area contributed by atoms with Gasteiger partial charge in [-0.1, -0.05) is 23.8 Å². The van der Waals surface area contributed by atoms with E-state index in [4.69, 9.17) is 14.6 Å². The van der Waals surface area contributed by atoms with Crippen molar-refractivity contribution in [2.24, 2.45) is 5.10 Å². The molecule has 1 amide bonds. The molecule has 2 aromatic carbocycles. The molecule has 7 nitrogen and oxygen atoms in total. The summed E-state index contributed by atoms with van der Waals surface area (Å²) in [5.41, 5.74) is 3.07. The Morgan fingerprint density at radius 2 is 2.06 bits per heavy atom. The number of benzene rings is 2. The highest BCUT2D eigenvalue weighted by atomic mass is 16.6. The molecular formula is C25H29N3O4. The third-order valence-corrected chi connectivity index (χ3v) is 6.74. The van der Waals surface area contributed by atoms with Crippen LogP contribution in [0.25, 0.3) is 0 Å². The molecule has 168 valence electrons. The Hall–Kier alpha value is -3.22. The van der Waals surface area contributed by atoms with Crippen LogP contribution in [-0.2, 0) is 4.79 Å². The fourth-order valence-electron chi connectivity index (χ4n) is 5.08. The van der Waals surface area contributed by atoms with Gasteiger partial charge in [0.15, 0.2) is 11.5 Å². The second-order valence-corrected chi connectivity index (χ2v) is 8.79. The molecule has 2 aromatic rings. The highest BCUT2D eigenvalue weighted by Crippen LogP contribution is 2.53. The molecule has 7 heteroatoms. The molecular weight excluding hydrogens is 406 g/mol. The molecule has 1 saturated heterocycles.